The molecule has 33 heavy (non-hydrogen) atoms. The average Bonchev–Trinajstić information content (AvgIpc) is 3.37. The van der Waals surface area contributed by atoms with Crippen molar-refractivity contribution >= 4 is 27.3 Å². The quantitative estimate of drug-likeness (QED) is 0.494. The number of piperidine rings is 1. The number of para-hydroxylation sites is 1. The second-order valence-corrected chi connectivity index (χ2v) is 10.9. The first-order chi connectivity index (χ1) is 16.0. The normalized spacial score (nSPS) is 14.8. The Bertz CT molecular complexity index is 1120. The Morgan fingerprint density at radius 3 is 2.39 bits per heavy atom. The van der Waals surface area contributed by atoms with E-state index in [1.54, 1.807) is 23.5 Å². The minimum atomic E-state index is -3.60. The molecule has 1 saturated heterocycles. The maximum Gasteiger partial charge on any atom is 0.253 e. The van der Waals surface area contributed by atoms with Crippen LogP contribution in [-0.2, 0) is 16.4 Å². The summed E-state index contributed by atoms with van der Waals surface area (Å²) in [5.41, 5.74) is 0.506. The number of hydrogen-bond donors (Lipinski definition) is 1. The van der Waals surface area contributed by atoms with Crippen molar-refractivity contribution < 1.29 is 17.9 Å². The molecule has 1 N–H and O–H groups in total. The molecule has 2 aromatic carbocycles. The number of likely N-dealkylation sites (tertiary alicyclic amines) is 1. The molecule has 4 rings (SSSR count). The predicted molar refractivity (Wildman–Crippen MR) is 130 cm³/mol. The number of sulfonamides is 1. The first-order valence-electron chi connectivity index (χ1n) is 11.1. The SMILES string of the molecule is O=C(c1ccc(S(=O)(=O)NCCc2cccs2)cc1)N1CCC(COc2ccccc2)CC1. The Morgan fingerprint density at radius 2 is 1.73 bits per heavy atom. The highest BCUT2D eigenvalue weighted by atomic mass is 32.2. The maximum absolute atomic E-state index is 12.9. The number of thiophene rings is 1. The van der Waals surface area contributed by atoms with Crippen LogP contribution in [0.15, 0.2) is 77.0 Å². The van der Waals surface area contributed by atoms with E-state index in [2.05, 4.69) is 4.72 Å². The van der Waals surface area contributed by atoms with Crippen LogP contribution in [0.1, 0.15) is 28.1 Å². The summed E-state index contributed by atoms with van der Waals surface area (Å²) >= 11 is 1.61. The molecule has 1 amide bonds. The highest BCUT2D eigenvalue weighted by molar-refractivity contribution is 7.89. The van der Waals surface area contributed by atoms with Gasteiger partial charge in [0.1, 0.15) is 5.75 Å². The summed E-state index contributed by atoms with van der Waals surface area (Å²) in [4.78, 5) is 16.0. The number of amides is 1. The van der Waals surface area contributed by atoms with Crippen molar-refractivity contribution in [3.8, 4) is 5.75 Å². The smallest absolute Gasteiger partial charge is 0.253 e. The van der Waals surface area contributed by atoms with Crippen molar-refractivity contribution in [3.63, 3.8) is 0 Å². The van der Waals surface area contributed by atoms with Gasteiger partial charge in [-0.15, -0.1) is 11.3 Å². The van der Waals surface area contributed by atoms with Crippen LogP contribution in [0, 0.1) is 5.92 Å². The van der Waals surface area contributed by atoms with Gasteiger partial charge >= 0.3 is 0 Å². The van der Waals surface area contributed by atoms with Gasteiger partial charge in [0, 0.05) is 30.1 Å². The lowest BCUT2D eigenvalue weighted by molar-refractivity contribution is 0.0661. The monoisotopic (exact) mass is 484 g/mol. The van der Waals surface area contributed by atoms with Crippen molar-refractivity contribution in [2.75, 3.05) is 26.2 Å². The van der Waals surface area contributed by atoms with E-state index in [1.807, 2.05) is 52.7 Å². The maximum atomic E-state index is 12.9. The molecule has 0 spiro atoms. The summed E-state index contributed by atoms with van der Waals surface area (Å²) in [5.74, 6) is 1.22. The van der Waals surface area contributed by atoms with Gasteiger partial charge in [-0.2, -0.15) is 0 Å². The largest absolute Gasteiger partial charge is 0.493 e. The Hall–Kier alpha value is -2.68. The van der Waals surface area contributed by atoms with Gasteiger partial charge < -0.3 is 9.64 Å². The Balaban J connectivity index is 1.25. The second-order valence-electron chi connectivity index (χ2n) is 8.11. The first-order valence-corrected chi connectivity index (χ1v) is 13.5. The van der Waals surface area contributed by atoms with Gasteiger partial charge in [-0.05, 0) is 73.0 Å². The Morgan fingerprint density at radius 1 is 1.00 bits per heavy atom. The second kappa shape index (κ2) is 11.0. The van der Waals surface area contributed by atoms with E-state index < -0.39 is 10.0 Å². The molecule has 1 fully saturated rings. The number of nitrogens with one attached hydrogen (secondary N) is 1. The van der Waals surface area contributed by atoms with Gasteiger partial charge in [0.05, 0.1) is 11.5 Å². The van der Waals surface area contributed by atoms with Crippen molar-refractivity contribution in [2.45, 2.75) is 24.2 Å². The van der Waals surface area contributed by atoms with Gasteiger partial charge in [0.25, 0.3) is 5.91 Å². The molecule has 2 heterocycles. The molecule has 8 heteroatoms. The average molecular weight is 485 g/mol. The van der Waals surface area contributed by atoms with Crippen LogP contribution in [0.4, 0.5) is 0 Å². The summed E-state index contributed by atoms with van der Waals surface area (Å²) in [6, 6.07) is 19.9. The molecule has 1 aliphatic heterocycles. The van der Waals surface area contributed by atoms with Gasteiger partial charge in [-0.3, -0.25) is 4.79 Å². The molecule has 1 aromatic heterocycles. The van der Waals surface area contributed by atoms with E-state index in [1.165, 1.54) is 12.1 Å². The zero-order chi connectivity index (χ0) is 23.1. The van der Waals surface area contributed by atoms with Gasteiger partial charge in [0.2, 0.25) is 10.0 Å². The molecule has 174 valence electrons. The molecule has 0 radical (unpaired) electrons. The van der Waals surface area contributed by atoms with Crippen LogP contribution >= 0.6 is 11.3 Å². The topological polar surface area (TPSA) is 75.7 Å². The molecule has 6 nitrogen and oxygen atoms in total. The van der Waals surface area contributed by atoms with Crippen LogP contribution in [0.25, 0.3) is 0 Å². The van der Waals surface area contributed by atoms with Crippen LogP contribution < -0.4 is 9.46 Å². The minimum absolute atomic E-state index is 0.0629. The number of nitrogens with zero attached hydrogens (tertiary/aromatic N) is 1. The van der Waals surface area contributed by atoms with E-state index in [0.717, 1.165) is 23.5 Å². The van der Waals surface area contributed by atoms with Crippen LogP contribution in [-0.4, -0.2) is 45.5 Å². The summed E-state index contributed by atoms with van der Waals surface area (Å²) in [7, 11) is -3.60. The van der Waals surface area contributed by atoms with Gasteiger partial charge in [-0.25, -0.2) is 13.1 Å². The van der Waals surface area contributed by atoms with Crippen molar-refractivity contribution in [2.24, 2.45) is 5.92 Å². The standard InChI is InChI=1S/C25H28N2O4S2/c28-25(27-16-13-20(14-17-27)19-31-22-5-2-1-3-6-22)21-8-10-24(11-9-21)33(29,30)26-15-12-23-7-4-18-32-23/h1-11,18,20,26H,12-17,19H2. The Labute approximate surface area is 199 Å². The molecule has 0 saturated carbocycles. The lowest BCUT2D eigenvalue weighted by atomic mass is 9.97. The first kappa shape index (κ1) is 23.5. The number of hydrogen-bond acceptors (Lipinski definition) is 5. The van der Waals surface area contributed by atoms with E-state index in [4.69, 9.17) is 4.74 Å². The third kappa shape index (κ3) is 6.43. The predicted octanol–water partition coefficient (Wildman–Crippen LogP) is 4.20. The van der Waals surface area contributed by atoms with Gasteiger partial charge in [-0.1, -0.05) is 24.3 Å². The van der Waals surface area contributed by atoms with Crippen molar-refractivity contribution in [1.82, 2.24) is 9.62 Å². The number of ether oxygens (including phenoxy) is 1. The number of carbonyl (C=O) groups excluding carboxylic acids is 1. The molecular formula is C25H28N2O4S2. The van der Waals surface area contributed by atoms with E-state index in [9.17, 15) is 13.2 Å². The molecule has 1 aliphatic rings. The molecule has 0 unspecified atom stereocenters. The summed E-state index contributed by atoms with van der Waals surface area (Å²) in [5, 5.41) is 1.97. The van der Waals surface area contributed by atoms with Gasteiger partial charge in [0.15, 0.2) is 0 Å². The van der Waals surface area contributed by atoms with E-state index >= 15 is 0 Å². The van der Waals surface area contributed by atoms with Crippen molar-refractivity contribution in [1.29, 1.82) is 0 Å². The molecule has 0 bridgehead atoms. The fraction of sp³-hybridized carbons (Fsp3) is 0.320. The number of benzene rings is 2. The zero-order valence-electron chi connectivity index (χ0n) is 18.4. The van der Waals surface area contributed by atoms with Crippen LogP contribution in [0.5, 0.6) is 5.75 Å². The minimum Gasteiger partial charge on any atom is -0.493 e. The fourth-order valence-electron chi connectivity index (χ4n) is 3.84. The number of carbonyl (C=O) groups is 1. The van der Waals surface area contributed by atoms with E-state index in [-0.39, 0.29) is 10.8 Å². The summed E-state index contributed by atoms with van der Waals surface area (Å²) in [6.45, 7) is 2.34. The molecule has 0 atom stereocenters. The molecule has 3 aromatic rings. The van der Waals surface area contributed by atoms with Crippen LogP contribution in [0.2, 0.25) is 0 Å². The summed E-state index contributed by atoms with van der Waals surface area (Å²) < 4.78 is 33.5. The lowest BCUT2D eigenvalue weighted by Crippen LogP contribution is -2.39. The third-order valence-electron chi connectivity index (χ3n) is 5.79. The lowest BCUT2D eigenvalue weighted by Gasteiger charge is -2.32. The van der Waals surface area contributed by atoms with Crippen molar-refractivity contribution in [3.05, 3.63) is 82.6 Å². The number of rotatable bonds is 9. The molecular weight excluding hydrogens is 456 g/mol. The zero-order valence-corrected chi connectivity index (χ0v) is 20.0. The third-order valence-corrected chi connectivity index (χ3v) is 8.20. The molecule has 0 aliphatic carbocycles. The fourth-order valence-corrected chi connectivity index (χ4v) is 5.58. The highest BCUT2D eigenvalue weighted by Gasteiger charge is 2.24. The van der Waals surface area contributed by atoms with Crippen LogP contribution in [0.3, 0.4) is 0 Å². The Kier molecular flexibility index (Phi) is 7.80. The summed E-state index contributed by atoms with van der Waals surface area (Å²) in [6.07, 6.45) is 2.43. The van der Waals surface area contributed by atoms with E-state index in [0.29, 0.717) is 44.1 Å². The highest BCUT2D eigenvalue weighted by Crippen LogP contribution is 2.21.